The van der Waals surface area contributed by atoms with Crippen molar-refractivity contribution in [2.75, 3.05) is 0 Å². The van der Waals surface area contributed by atoms with Crippen LogP contribution in [0, 0.1) is 27.7 Å². The van der Waals surface area contributed by atoms with Crippen molar-refractivity contribution in [1.29, 1.82) is 0 Å². The van der Waals surface area contributed by atoms with E-state index in [0.29, 0.717) is 33.4 Å². The highest BCUT2D eigenvalue weighted by Crippen LogP contribution is 2.42. The molecular weight excluding hydrogens is 531 g/mol. The van der Waals surface area contributed by atoms with Crippen LogP contribution in [0.5, 0.6) is 0 Å². The Hall–Kier alpha value is -2.62. The molecule has 190 valence electrons. The number of hydrogen-bond donors (Lipinski definition) is 6. The molecule has 0 aromatic heterocycles. The van der Waals surface area contributed by atoms with E-state index in [1.165, 1.54) is 0 Å². The molecule has 2 aromatic rings. The number of benzene rings is 2. The van der Waals surface area contributed by atoms with Crippen LogP contribution >= 0.6 is 23.2 Å². The fraction of sp³-hybridized carbons (Fsp3) is 0.222. The minimum absolute atomic E-state index is 0.0833. The summed E-state index contributed by atoms with van der Waals surface area (Å²) in [5.74, 6) is -0.167. The van der Waals surface area contributed by atoms with E-state index < -0.39 is 30.0 Å². The minimum Gasteiger partial charge on any atom is -0.744 e. The van der Waals surface area contributed by atoms with E-state index >= 15 is 0 Å². The van der Waals surface area contributed by atoms with E-state index in [2.05, 4.69) is 33.8 Å². The quantitative estimate of drug-likeness (QED) is 0.134. The van der Waals surface area contributed by atoms with Gasteiger partial charge in [0.05, 0.1) is 19.8 Å². The molecule has 0 aliphatic rings. The first-order chi connectivity index (χ1) is 15.1. The van der Waals surface area contributed by atoms with E-state index in [-0.39, 0.29) is 22.0 Å². The molecule has 0 saturated carbocycles. The molecule has 0 saturated heterocycles. The number of hydrogen-bond acceptors (Lipinski definition) is 6. The first-order valence-electron chi connectivity index (χ1n) is 8.92. The highest BCUT2D eigenvalue weighted by atomic mass is 35.5. The Balaban J connectivity index is 0.00000118. The summed E-state index contributed by atoms with van der Waals surface area (Å²) in [4.78, 5) is -1.06. The van der Waals surface area contributed by atoms with Crippen molar-refractivity contribution in [1.82, 2.24) is 0 Å². The highest BCUT2D eigenvalue weighted by Gasteiger charge is 2.22. The lowest BCUT2D eigenvalue weighted by Crippen LogP contribution is -2.51. The summed E-state index contributed by atoms with van der Waals surface area (Å²) in [7, 11) is -9.52. The minimum atomic E-state index is -4.76. The lowest BCUT2D eigenvalue weighted by Gasteiger charge is -2.22. The zero-order valence-corrected chi connectivity index (χ0v) is 21.8. The number of guanidine groups is 2. The van der Waals surface area contributed by atoms with Gasteiger partial charge >= 0.3 is 11.9 Å². The van der Waals surface area contributed by atoms with Gasteiger partial charge in [0, 0.05) is 0 Å². The van der Waals surface area contributed by atoms with Crippen molar-refractivity contribution < 1.29 is 36.8 Å². The number of rotatable bonds is 3. The maximum absolute atomic E-state index is 11.4. The summed E-state index contributed by atoms with van der Waals surface area (Å²) >= 11 is 12.2. The SMILES string of the molecule is Cc1cc(S(=O)(=O)[O-])c(Cl)c(C)c1-c1c(C)cc(S(=O)(=O)[O-])c(Cl)c1C.NC(N)=[NH2+].NC(N)=[NH2+]. The van der Waals surface area contributed by atoms with Gasteiger partial charge in [-0.25, -0.2) is 16.8 Å². The normalized spacial score (nSPS) is 10.9. The van der Waals surface area contributed by atoms with Gasteiger partial charge < -0.3 is 9.11 Å². The monoisotopic (exact) mass is 556 g/mol. The number of halogens is 2. The van der Waals surface area contributed by atoms with Gasteiger partial charge in [0.2, 0.25) is 0 Å². The van der Waals surface area contributed by atoms with E-state index in [1.807, 2.05) is 0 Å². The van der Waals surface area contributed by atoms with Crippen LogP contribution in [0.15, 0.2) is 21.9 Å². The summed E-state index contributed by atoms with van der Waals surface area (Å²) in [5, 5.41) is 8.74. The van der Waals surface area contributed by atoms with Gasteiger partial charge in [0.15, 0.2) is 0 Å². The average molecular weight is 557 g/mol. The largest absolute Gasteiger partial charge is 0.744 e. The molecule has 0 heterocycles. The molecule has 16 heteroatoms. The molecule has 12 N–H and O–H groups in total. The van der Waals surface area contributed by atoms with Crippen molar-refractivity contribution in [3.8, 4) is 11.1 Å². The van der Waals surface area contributed by atoms with Gasteiger partial charge in [-0.15, -0.1) is 0 Å². The molecule has 0 amide bonds. The second-order valence-electron chi connectivity index (χ2n) is 6.92. The Bertz CT molecular complexity index is 1230. The van der Waals surface area contributed by atoms with Crippen molar-refractivity contribution in [3.05, 3.63) is 44.4 Å². The Morgan fingerprint density at radius 3 is 1.09 bits per heavy atom. The maximum atomic E-state index is 11.4. The van der Waals surface area contributed by atoms with Gasteiger partial charge in [-0.1, -0.05) is 23.2 Å². The number of nitrogens with two attached hydrogens (primary N) is 6. The highest BCUT2D eigenvalue weighted by molar-refractivity contribution is 7.86. The molecule has 0 spiro atoms. The molecular formula is C18H26Cl2N6O6S2. The predicted octanol–water partition coefficient (Wildman–Crippen LogP) is -2.26. The van der Waals surface area contributed by atoms with Gasteiger partial charge in [-0.3, -0.25) is 33.8 Å². The third-order valence-corrected chi connectivity index (χ3v) is 7.03. The van der Waals surface area contributed by atoms with E-state index in [4.69, 9.17) is 23.2 Å². The van der Waals surface area contributed by atoms with Gasteiger partial charge in [0.1, 0.15) is 20.2 Å². The molecule has 2 rings (SSSR count). The zero-order valence-electron chi connectivity index (χ0n) is 18.6. The maximum Gasteiger partial charge on any atom is 0.336 e. The molecule has 0 unspecified atom stereocenters. The summed E-state index contributed by atoms with van der Waals surface area (Å²) in [6.07, 6.45) is 0. The molecule has 0 bridgehead atoms. The van der Waals surface area contributed by atoms with Gasteiger partial charge in [-0.2, -0.15) is 0 Å². The molecule has 0 aliphatic heterocycles. The molecule has 0 radical (unpaired) electrons. The molecule has 0 fully saturated rings. The Kier molecular flexibility index (Phi) is 10.8. The van der Waals surface area contributed by atoms with Crippen molar-refractivity contribution in [2.45, 2.75) is 37.5 Å². The summed E-state index contributed by atoms with van der Waals surface area (Å²) in [6, 6.07) is 2.33. The summed E-state index contributed by atoms with van der Waals surface area (Å²) in [6.45, 7) is 6.28. The van der Waals surface area contributed by atoms with Crippen molar-refractivity contribution >= 4 is 55.4 Å². The van der Waals surface area contributed by atoms with Crippen LogP contribution in [0.3, 0.4) is 0 Å². The first-order valence-corrected chi connectivity index (χ1v) is 12.5. The standard InChI is InChI=1S/C16H16Cl2O6S2.2CH5N3/c1-7-5-11(25(19,20)21)15(17)9(3)13(7)14-8(2)6-12(26(22,23)24)16(18)10(14)4;2*2-1(3)4/h5-6H,1-4H3,(H,19,20,21)(H,22,23,24);2*(H5,2,3,4). The Morgan fingerprint density at radius 1 is 0.706 bits per heavy atom. The second-order valence-corrected chi connectivity index (χ2v) is 10.4. The topological polar surface area (TPSA) is 270 Å². The molecule has 2 aromatic carbocycles. The van der Waals surface area contributed by atoms with Gasteiger partial charge in [0.25, 0.3) is 0 Å². The van der Waals surface area contributed by atoms with Crippen LogP contribution in [0.25, 0.3) is 11.1 Å². The third kappa shape index (κ3) is 8.30. The lowest BCUT2D eigenvalue weighted by molar-refractivity contribution is -0.117. The zero-order chi connectivity index (χ0) is 27.3. The summed E-state index contributed by atoms with van der Waals surface area (Å²) < 4.78 is 68.3. The average Bonchev–Trinajstić information content (AvgIpc) is 2.61. The molecule has 0 aliphatic carbocycles. The second kappa shape index (κ2) is 11.7. The van der Waals surface area contributed by atoms with Crippen LogP contribution in [0.4, 0.5) is 0 Å². The fourth-order valence-corrected chi connectivity index (χ4v) is 5.23. The first kappa shape index (κ1) is 31.4. The summed E-state index contributed by atoms with van der Waals surface area (Å²) in [5.41, 5.74) is 20.9. The molecule has 12 nitrogen and oxygen atoms in total. The van der Waals surface area contributed by atoms with Crippen LogP contribution in [0.2, 0.25) is 10.0 Å². The van der Waals surface area contributed by atoms with E-state index in [0.717, 1.165) is 12.1 Å². The number of aryl methyl sites for hydroxylation is 2. The van der Waals surface area contributed by atoms with Crippen molar-refractivity contribution in [2.24, 2.45) is 22.9 Å². The van der Waals surface area contributed by atoms with Crippen LogP contribution < -0.4 is 33.8 Å². The van der Waals surface area contributed by atoms with Crippen LogP contribution in [0.1, 0.15) is 22.3 Å². The predicted molar refractivity (Wildman–Crippen MR) is 127 cm³/mol. The Morgan fingerprint density at radius 2 is 0.912 bits per heavy atom. The van der Waals surface area contributed by atoms with Crippen LogP contribution in [-0.4, -0.2) is 37.9 Å². The van der Waals surface area contributed by atoms with Crippen molar-refractivity contribution in [3.63, 3.8) is 0 Å². The lowest BCUT2D eigenvalue weighted by atomic mass is 9.89. The van der Waals surface area contributed by atoms with E-state index in [1.54, 1.807) is 27.7 Å². The van der Waals surface area contributed by atoms with Crippen LogP contribution in [-0.2, 0) is 20.2 Å². The van der Waals surface area contributed by atoms with E-state index in [9.17, 15) is 25.9 Å². The third-order valence-electron chi connectivity index (χ3n) is 4.11. The fourth-order valence-electron chi connectivity index (χ4n) is 2.98. The molecule has 34 heavy (non-hydrogen) atoms. The smallest absolute Gasteiger partial charge is 0.336 e. The Labute approximate surface area is 207 Å². The molecule has 0 atom stereocenters. The van der Waals surface area contributed by atoms with Gasteiger partial charge in [-0.05, 0) is 73.2 Å².